The molecule has 1 aromatic carbocycles. The fraction of sp³-hybridized carbons (Fsp3) is 0.286. The van der Waals surface area contributed by atoms with Crippen LogP contribution in [0.1, 0.15) is 17.4 Å². The molecule has 0 fully saturated rings. The topological polar surface area (TPSA) is 43.7 Å². The third-order valence-electron chi connectivity index (χ3n) is 3.18. The van der Waals surface area contributed by atoms with Gasteiger partial charge in [0, 0.05) is 23.5 Å². The monoisotopic (exact) mass is 293 g/mol. The lowest BCUT2D eigenvalue weighted by atomic mass is 9.80. The van der Waals surface area contributed by atoms with E-state index in [2.05, 4.69) is 11.0 Å². The maximum atomic E-state index is 13.9. The molecule has 1 aromatic heterocycles. The van der Waals surface area contributed by atoms with Crippen molar-refractivity contribution in [1.82, 2.24) is 4.90 Å². The van der Waals surface area contributed by atoms with Gasteiger partial charge in [0.1, 0.15) is 5.82 Å². The van der Waals surface area contributed by atoms with Gasteiger partial charge in [0.25, 0.3) is 0 Å². The Labute approximate surface area is 122 Å². The van der Waals surface area contributed by atoms with Crippen molar-refractivity contribution in [1.29, 1.82) is 0 Å². The SMILES string of the molecule is CCN(Cc1cccs1)Cc1ccc(B(O)O)cc1F. The Morgan fingerprint density at radius 3 is 2.60 bits per heavy atom. The Hall–Kier alpha value is -1.21. The Kier molecular flexibility index (Phi) is 5.31. The molecule has 2 aromatic rings. The first-order valence-electron chi connectivity index (χ1n) is 6.49. The molecule has 106 valence electrons. The van der Waals surface area contributed by atoms with Crippen molar-refractivity contribution in [2.24, 2.45) is 0 Å². The van der Waals surface area contributed by atoms with Gasteiger partial charge in [-0.05, 0) is 29.5 Å². The highest BCUT2D eigenvalue weighted by Crippen LogP contribution is 2.15. The molecule has 0 spiro atoms. The Morgan fingerprint density at radius 2 is 2.05 bits per heavy atom. The van der Waals surface area contributed by atoms with E-state index in [-0.39, 0.29) is 5.46 Å². The molecule has 0 saturated heterocycles. The van der Waals surface area contributed by atoms with E-state index in [0.29, 0.717) is 12.1 Å². The molecular weight excluding hydrogens is 276 g/mol. The van der Waals surface area contributed by atoms with Gasteiger partial charge in [-0.2, -0.15) is 0 Å². The van der Waals surface area contributed by atoms with Gasteiger partial charge in [-0.3, -0.25) is 4.90 Å². The summed E-state index contributed by atoms with van der Waals surface area (Å²) in [6, 6.07) is 8.41. The molecule has 0 amide bonds. The third-order valence-corrected chi connectivity index (χ3v) is 4.04. The molecule has 0 unspecified atom stereocenters. The van der Waals surface area contributed by atoms with E-state index in [1.165, 1.54) is 10.9 Å². The van der Waals surface area contributed by atoms with Crippen molar-refractivity contribution in [3.05, 3.63) is 52.0 Å². The van der Waals surface area contributed by atoms with Crippen molar-refractivity contribution in [3.63, 3.8) is 0 Å². The molecule has 0 saturated carbocycles. The molecular formula is C14H17BFNO2S. The number of hydrogen-bond acceptors (Lipinski definition) is 4. The van der Waals surface area contributed by atoms with E-state index in [4.69, 9.17) is 10.0 Å². The predicted octanol–water partition coefficient (Wildman–Crippen LogP) is 1.59. The third kappa shape index (κ3) is 3.90. The van der Waals surface area contributed by atoms with Gasteiger partial charge in [0.05, 0.1) is 0 Å². The fourth-order valence-electron chi connectivity index (χ4n) is 2.00. The van der Waals surface area contributed by atoms with Crippen LogP contribution in [0.15, 0.2) is 35.7 Å². The summed E-state index contributed by atoms with van der Waals surface area (Å²) in [5.41, 5.74) is 0.736. The van der Waals surface area contributed by atoms with Crippen LogP contribution in [0.25, 0.3) is 0 Å². The number of nitrogens with zero attached hydrogens (tertiary/aromatic N) is 1. The zero-order valence-corrected chi connectivity index (χ0v) is 12.1. The molecule has 0 atom stereocenters. The van der Waals surface area contributed by atoms with Crippen molar-refractivity contribution in [3.8, 4) is 0 Å². The maximum Gasteiger partial charge on any atom is 0.488 e. The van der Waals surface area contributed by atoms with Crippen molar-refractivity contribution in [2.45, 2.75) is 20.0 Å². The molecule has 20 heavy (non-hydrogen) atoms. The van der Waals surface area contributed by atoms with Gasteiger partial charge in [0.15, 0.2) is 0 Å². The lowest BCUT2D eigenvalue weighted by Gasteiger charge is -2.20. The zero-order chi connectivity index (χ0) is 14.5. The second kappa shape index (κ2) is 6.99. The number of hydrogen-bond donors (Lipinski definition) is 2. The normalized spacial score (nSPS) is 11.1. The molecule has 6 heteroatoms. The summed E-state index contributed by atoms with van der Waals surface area (Å²) < 4.78 is 13.9. The first kappa shape index (κ1) is 15.2. The minimum atomic E-state index is -1.63. The number of halogens is 1. The van der Waals surface area contributed by atoms with Crippen LogP contribution in [-0.4, -0.2) is 28.6 Å². The van der Waals surface area contributed by atoms with Crippen molar-refractivity contribution in [2.75, 3.05) is 6.54 Å². The molecule has 0 bridgehead atoms. The van der Waals surface area contributed by atoms with Gasteiger partial charge in [-0.15, -0.1) is 11.3 Å². The smallest absolute Gasteiger partial charge is 0.423 e. The quantitative estimate of drug-likeness (QED) is 0.795. The molecule has 1 heterocycles. The summed E-state index contributed by atoms with van der Waals surface area (Å²) in [7, 11) is -1.63. The lowest BCUT2D eigenvalue weighted by molar-refractivity contribution is 0.270. The number of rotatable bonds is 6. The highest BCUT2D eigenvalue weighted by Gasteiger charge is 2.15. The number of benzene rings is 1. The van der Waals surface area contributed by atoms with Crippen LogP contribution >= 0.6 is 11.3 Å². The average Bonchev–Trinajstić information content (AvgIpc) is 2.92. The zero-order valence-electron chi connectivity index (χ0n) is 11.3. The summed E-state index contributed by atoms with van der Waals surface area (Å²) >= 11 is 1.69. The van der Waals surface area contributed by atoms with Gasteiger partial charge < -0.3 is 10.0 Å². The van der Waals surface area contributed by atoms with E-state index in [0.717, 1.165) is 13.1 Å². The predicted molar refractivity (Wildman–Crippen MR) is 80.3 cm³/mol. The molecule has 2 rings (SSSR count). The van der Waals surface area contributed by atoms with Crippen LogP contribution < -0.4 is 5.46 Å². The lowest BCUT2D eigenvalue weighted by Crippen LogP contribution is -2.30. The van der Waals surface area contributed by atoms with Crippen molar-refractivity contribution >= 4 is 23.9 Å². The number of thiophene rings is 1. The summed E-state index contributed by atoms with van der Waals surface area (Å²) in [6.45, 7) is 4.15. The van der Waals surface area contributed by atoms with E-state index < -0.39 is 12.9 Å². The van der Waals surface area contributed by atoms with Gasteiger partial charge >= 0.3 is 7.12 Å². The van der Waals surface area contributed by atoms with Crippen LogP contribution in [0.5, 0.6) is 0 Å². The Morgan fingerprint density at radius 1 is 1.25 bits per heavy atom. The van der Waals surface area contributed by atoms with Crippen molar-refractivity contribution < 1.29 is 14.4 Å². The maximum absolute atomic E-state index is 13.9. The fourth-order valence-corrected chi connectivity index (χ4v) is 2.74. The van der Waals surface area contributed by atoms with Crippen LogP contribution in [0.2, 0.25) is 0 Å². The largest absolute Gasteiger partial charge is 0.488 e. The summed E-state index contributed by atoms with van der Waals surface area (Å²) in [4.78, 5) is 3.38. The molecule has 3 nitrogen and oxygen atoms in total. The van der Waals surface area contributed by atoms with E-state index in [1.807, 2.05) is 18.4 Å². The molecule has 0 aliphatic carbocycles. The van der Waals surface area contributed by atoms with Crippen LogP contribution in [-0.2, 0) is 13.1 Å². The highest BCUT2D eigenvalue weighted by atomic mass is 32.1. The summed E-state index contributed by atoms with van der Waals surface area (Å²) in [5.74, 6) is -0.403. The van der Waals surface area contributed by atoms with Gasteiger partial charge in [0.2, 0.25) is 0 Å². The first-order chi connectivity index (χ1) is 9.60. The van der Waals surface area contributed by atoms with Crippen LogP contribution in [0.4, 0.5) is 4.39 Å². The molecule has 0 aliphatic heterocycles. The second-order valence-electron chi connectivity index (χ2n) is 4.61. The molecule has 2 N–H and O–H groups in total. The summed E-state index contributed by atoms with van der Waals surface area (Å²) in [6.07, 6.45) is 0. The Balaban J connectivity index is 2.07. The van der Waals surface area contributed by atoms with Crippen LogP contribution in [0, 0.1) is 5.82 Å². The highest BCUT2D eigenvalue weighted by molar-refractivity contribution is 7.09. The van der Waals surface area contributed by atoms with Gasteiger partial charge in [-0.1, -0.05) is 25.1 Å². The minimum Gasteiger partial charge on any atom is -0.423 e. The standard InChI is InChI=1S/C14H17BFNO2S/c1-2-17(10-13-4-3-7-20-13)9-11-5-6-12(15(18)19)8-14(11)16/h3-8,18-19H,2,9-10H2,1H3. The Bertz CT molecular complexity index is 548. The second-order valence-corrected chi connectivity index (χ2v) is 5.64. The van der Waals surface area contributed by atoms with E-state index in [1.54, 1.807) is 23.5 Å². The minimum absolute atomic E-state index is 0.174. The van der Waals surface area contributed by atoms with Crippen LogP contribution in [0.3, 0.4) is 0 Å². The van der Waals surface area contributed by atoms with Gasteiger partial charge in [-0.25, -0.2) is 4.39 Å². The average molecular weight is 293 g/mol. The molecule has 0 aliphatic rings. The summed E-state index contributed by atoms with van der Waals surface area (Å²) in [5, 5.41) is 20.1. The van der Waals surface area contributed by atoms with E-state index in [9.17, 15) is 4.39 Å². The van der Waals surface area contributed by atoms with E-state index >= 15 is 0 Å². The first-order valence-corrected chi connectivity index (χ1v) is 7.37. The molecule has 0 radical (unpaired) electrons.